The molecule has 0 aliphatic carbocycles. The van der Waals surface area contributed by atoms with Crippen LogP contribution in [0, 0.1) is 6.92 Å². The molecule has 0 aliphatic heterocycles. The van der Waals surface area contributed by atoms with Crippen LogP contribution in [0.2, 0.25) is 10.0 Å². The van der Waals surface area contributed by atoms with E-state index in [1.165, 1.54) is 23.1 Å². The molecule has 10 heteroatoms. The number of carbonyl (C=O) groups excluding carboxylic acids is 1. The van der Waals surface area contributed by atoms with Crippen molar-refractivity contribution in [1.82, 2.24) is 19.7 Å². The monoisotopic (exact) mass is 489 g/mol. The Hall–Kier alpha value is -2.39. The molecule has 2 aromatic carbocycles. The fraction of sp³-hybridized carbons (Fsp3) is 0.143. The number of thioether (sulfide) groups is 1. The van der Waals surface area contributed by atoms with Gasteiger partial charge in [0.2, 0.25) is 5.91 Å². The van der Waals surface area contributed by atoms with Crippen LogP contribution >= 0.6 is 46.3 Å². The molecular formula is C21H17Cl2N5OS2. The number of hydrogen-bond acceptors (Lipinski definition) is 6. The van der Waals surface area contributed by atoms with Crippen LogP contribution in [-0.4, -0.2) is 31.4 Å². The van der Waals surface area contributed by atoms with Crippen molar-refractivity contribution in [3.8, 4) is 22.6 Å². The Morgan fingerprint density at radius 3 is 2.74 bits per heavy atom. The van der Waals surface area contributed by atoms with E-state index >= 15 is 0 Å². The minimum atomic E-state index is -0.173. The van der Waals surface area contributed by atoms with Gasteiger partial charge in [0.1, 0.15) is 0 Å². The van der Waals surface area contributed by atoms with Gasteiger partial charge >= 0.3 is 0 Å². The molecular weight excluding hydrogens is 473 g/mol. The van der Waals surface area contributed by atoms with Crippen molar-refractivity contribution in [2.75, 3.05) is 11.1 Å². The molecule has 1 amide bonds. The van der Waals surface area contributed by atoms with Crippen molar-refractivity contribution in [2.24, 2.45) is 7.05 Å². The van der Waals surface area contributed by atoms with Crippen molar-refractivity contribution in [2.45, 2.75) is 12.1 Å². The summed E-state index contributed by atoms with van der Waals surface area (Å²) in [7, 11) is 1.89. The molecule has 0 saturated heterocycles. The summed E-state index contributed by atoms with van der Waals surface area (Å²) in [6.07, 6.45) is 0. The standard InChI is InChI=1S/C21H17Cl2N5OS2/c1-12-5-3-4-6-14(12)19-26-27-21(28(19)2)31-11-18(29)25-20-24-17(10-30-20)15-8-7-13(22)9-16(15)23/h3-10H,11H2,1-2H3,(H,24,25,29). The van der Waals surface area contributed by atoms with Gasteiger partial charge in [-0.25, -0.2) is 4.98 Å². The summed E-state index contributed by atoms with van der Waals surface area (Å²) >= 11 is 14.8. The summed E-state index contributed by atoms with van der Waals surface area (Å²) < 4.78 is 1.89. The Morgan fingerprint density at radius 2 is 1.97 bits per heavy atom. The van der Waals surface area contributed by atoms with Gasteiger partial charge in [0.15, 0.2) is 16.1 Å². The highest BCUT2D eigenvalue weighted by Gasteiger charge is 2.15. The number of amides is 1. The van der Waals surface area contributed by atoms with Gasteiger partial charge in [-0.3, -0.25) is 4.79 Å². The lowest BCUT2D eigenvalue weighted by Gasteiger charge is -2.06. The summed E-state index contributed by atoms with van der Waals surface area (Å²) in [6, 6.07) is 13.2. The molecule has 0 aliphatic rings. The SMILES string of the molecule is Cc1ccccc1-c1nnc(SCC(=O)Nc2nc(-c3ccc(Cl)cc3Cl)cs2)n1C. The quantitative estimate of drug-likeness (QED) is 0.338. The number of carbonyl (C=O) groups is 1. The van der Waals surface area contributed by atoms with Gasteiger partial charge in [-0.2, -0.15) is 0 Å². The van der Waals surface area contributed by atoms with Crippen LogP contribution in [0.5, 0.6) is 0 Å². The summed E-state index contributed by atoms with van der Waals surface area (Å²) in [5, 5.41) is 15.4. The maximum absolute atomic E-state index is 12.4. The van der Waals surface area contributed by atoms with Crippen LogP contribution in [0.1, 0.15) is 5.56 Å². The van der Waals surface area contributed by atoms with E-state index in [1.54, 1.807) is 18.2 Å². The van der Waals surface area contributed by atoms with Crippen molar-refractivity contribution in [1.29, 1.82) is 0 Å². The van der Waals surface area contributed by atoms with Crippen molar-refractivity contribution >= 4 is 57.3 Å². The second kappa shape index (κ2) is 9.40. The zero-order valence-electron chi connectivity index (χ0n) is 16.6. The number of aromatic nitrogens is 4. The average molecular weight is 490 g/mol. The number of halogens is 2. The topological polar surface area (TPSA) is 72.7 Å². The Morgan fingerprint density at radius 1 is 1.16 bits per heavy atom. The fourth-order valence-corrected chi connectivity index (χ4v) is 4.88. The van der Waals surface area contributed by atoms with Gasteiger partial charge in [-0.15, -0.1) is 21.5 Å². The minimum Gasteiger partial charge on any atom is -0.305 e. The second-order valence-electron chi connectivity index (χ2n) is 6.68. The molecule has 2 aromatic heterocycles. The first kappa shape index (κ1) is 21.8. The summed E-state index contributed by atoms with van der Waals surface area (Å²) in [6.45, 7) is 2.03. The predicted molar refractivity (Wildman–Crippen MR) is 128 cm³/mol. The van der Waals surface area contributed by atoms with Crippen molar-refractivity contribution in [3.05, 3.63) is 63.5 Å². The number of rotatable bonds is 6. The van der Waals surface area contributed by atoms with Crippen LogP contribution in [0.3, 0.4) is 0 Å². The molecule has 6 nitrogen and oxygen atoms in total. The predicted octanol–water partition coefficient (Wildman–Crippen LogP) is 5.95. The van der Waals surface area contributed by atoms with E-state index in [9.17, 15) is 4.79 Å². The Bertz CT molecular complexity index is 1250. The molecule has 0 atom stereocenters. The van der Waals surface area contributed by atoms with Crippen LogP contribution in [0.4, 0.5) is 5.13 Å². The third kappa shape index (κ3) is 4.93. The third-order valence-corrected chi connectivity index (χ3v) is 6.84. The van der Waals surface area contributed by atoms with Gasteiger partial charge in [-0.05, 0) is 30.7 Å². The van der Waals surface area contributed by atoms with E-state index in [1.807, 2.05) is 48.2 Å². The Labute approximate surface area is 197 Å². The maximum atomic E-state index is 12.4. The third-order valence-electron chi connectivity index (χ3n) is 4.51. The van der Waals surface area contributed by atoms with E-state index in [0.29, 0.717) is 26.0 Å². The molecule has 1 N–H and O–H groups in total. The highest BCUT2D eigenvalue weighted by atomic mass is 35.5. The van der Waals surface area contributed by atoms with E-state index in [4.69, 9.17) is 23.2 Å². The fourth-order valence-electron chi connectivity index (χ4n) is 2.94. The molecule has 2 heterocycles. The molecule has 0 fully saturated rings. The molecule has 0 radical (unpaired) electrons. The summed E-state index contributed by atoms with van der Waals surface area (Å²) in [5.74, 6) is 0.787. The van der Waals surface area contributed by atoms with Gasteiger partial charge in [-0.1, -0.05) is 59.2 Å². The molecule has 31 heavy (non-hydrogen) atoms. The smallest absolute Gasteiger partial charge is 0.236 e. The van der Waals surface area contributed by atoms with Crippen LogP contribution in [0.25, 0.3) is 22.6 Å². The molecule has 4 aromatic rings. The molecule has 4 rings (SSSR count). The maximum Gasteiger partial charge on any atom is 0.236 e. The molecule has 0 unspecified atom stereocenters. The van der Waals surface area contributed by atoms with Crippen LogP contribution in [-0.2, 0) is 11.8 Å². The van der Waals surface area contributed by atoms with Gasteiger partial charge in [0.05, 0.1) is 16.5 Å². The largest absolute Gasteiger partial charge is 0.305 e. The molecule has 0 bridgehead atoms. The van der Waals surface area contributed by atoms with Crippen LogP contribution < -0.4 is 5.32 Å². The highest BCUT2D eigenvalue weighted by Crippen LogP contribution is 2.32. The lowest BCUT2D eigenvalue weighted by molar-refractivity contribution is -0.113. The van der Waals surface area contributed by atoms with Gasteiger partial charge in [0.25, 0.3) is 0 Å². The number of benzene rings is 2. The average Bonchev–Trinajstić information content (AvgIpc) is 3.33. The number of hydrogen-bond donors (Lipinski definition) is 1. The van der Waals surface area contributed by atoms with Gasteiger partial charge in [0, 0.05) is 28.6 Å². The van der Waals surface area contributed by atoms with Crippen molar-refractivity contribution in [3.63, 3.8) is 0 Å². The first-order chi connectivity index (χ1) is 14.9. The number of nitrogens with zero attached hydrogens (tertiary/aromatic N) is 4. The van der Waals surface area contributed by atoms with Crippen LogP contribution in [0.15, 0.2) is 53.0 Å². The zero-order valence-corrected chi connectivity index (χ0v) is 19.7. The highest BCUT2D eigenvalue weighted by molar-refractivity contribution is 7.99. The lowest BCUT2D eigenvalue weighted by atomic mass is 10.1. The molecule has 0 saturated carbocycles. The first-order valence-electron chi connectivity index (χ1n) is 9.21. The number of thiazole rings is 1. The normalized spacial score (nSPS) is 11.0. The lowest BCUT2D eigenvalue weighted by Crippen LogP contribution is -2.14. The number of aryl methyl sites for hydroxylation is 1. The van der Waals surface area contributed by atoms with E-state index in [-0.39, 0.29) is 11.7 Å². The van der Waals surface area contributed by atoms with E-state index in [0.717, 1.165) is 22.5 Å². The molecule has 0 spiro atoms. The summed E-state index contributed by atoms with van der Waals surface area (Å²) in [4.78, 5) is 16.9. The number of nitrogens with one attached hydrogen (secondary N) is 1. The first-order valence-corrected chi connectivity index (χ1v) is 11.8. The Kier molecular flexibility index (Phi) is 6.62. The van der Waals surface area contributed by atoms with E-state index < -0.39 is 0 Å². The zero-order chi connectivity index (χ0) is 22.0. The van der Waals surface area contributed by atoms with Crippen molar-refractivity contribution < 1.29 is 4.79 Å². The second-order valence-corrected chi connectivity index (χ2v) is 9.32. The Balaban J connectivity index is 1.39. The van der Waals surface area contributed by atoms with Gasteiger partial charge < -0.3 is 9.88 Å². The summed E-state index contributed by atoms with van der Waals surface area (Å²) in [5.41, 5.74) is 3.59. The number of anilines is 1. The minimum absolute atomic E-state index is 0.173. The molecule has 158 valence electrons. The van der Waals surface area contributed by atoms with E-state index in [2.05, 4.69) is 20.5 Å².